The predicted molar refractivity (Wildman–Crippen MR) is 182 cm³/mol. The first-order valence-corrected chi connectivity index (χ1v) is 15.6. The van der Waals surface area contributed by atoms with Gasteiger partial charge in [0.1, 0.15) is 12.2 Å². The predicted octanol–water partition coefficient (Wildman–Crippen LogP) is 8.55. The highest BCUT2D eigenvalue weighted by Gasteiger charge is 2.41. The van der Waals surface area contributed by atoms with Gasteiger partial charge in [-0.2, -0.15) is 0 Å². The number of rotatable bonds is 8. The first-order chi connectivity index (χ1) is 20.7. The van der Waals surface area contributed by atoms with E-state index in [4.69, 9.17) is 21.7 Å². The number of carbonyl (C=O) groups excluding carboxylic acids is 2. The van der Waals surface area contributed by atoms with Gasteiger partial charge in [-0.15, -0.1) is 0 Å². The summed E-state index contributed by atoms with van der Waals surface area (Å²) in [7, 11) is 0. The van der Waals surface area contributed by atoms with Crippen LogP contribution in [0.1, 0.15) is 29.2 Å². The lowest BCUT2D eigenvalue weighted by Gasteiger charge is -2.36. The number of amides is 2. The summed E-state index contributed by atoms with van der Waals surface area (Å²) in [5.41, 5.74) is 4.77. The zero-order chi connectivity index (χ0) is 30.7. The number of hydrogen-bond acceptors (Lipinski definition) is 5. The van der Waals surface area contributed by atoms with Gasteiger partial charge in [-0.1, -0.05) is 63.5 Å². The normalized spacial score (nSPS) is 13.4. The van der Waals surface area contributed by atoms with Gasteiger partial charge in [-0.05, 0) is 115 Å². The van der Waals surface area contributed by atoms with Crippen molar-refractivity contribution in [3.8, 4) is 11.5 Å². The van der Waals surface area contributed by atoms with Crippen LogP contribution in [0.2, 0.25) is 0 Å². The first kappa shape index (κ1) is 30.7. The highest BCUT2D eigenvalue weighted by Crippen LogP contribution is 2.39. The monoisotopic (exact) mass is 718 g/mol. The van der Waals surface area contributed by atoms with Gasteiger partial charge in [0, 0.05) is 4.47 Å². The van der Waals surface area contributed by atoms with Crippen molar-refractivity contribution < 1.29 is 19.1 Å². The summed E-state index contributed by atoms with van der Waals surface area (Å²) >= 11 is 12.8. The second-order valence-electron chi connectivity index (χ2n) is 9.97. The van der Waals surface area contributed by atoms with Crippen LogP contribution in [0.25, 0.3) is 6.08 Å². The Labute approximate surface area is 273 Å². The van der Waals surface area contributed by atoms with Gasteiger partial charge in [0.2, 0.25) is 0 Å². The Morgan fingerprint density at radius 2 is 1.30 bits per heavy atom. The summed E-state index contributed by atoms with van der Waals surface area (Å²) in [6.45, 7) is 6.54. The van der Waals surface area contributed by atoms with E-state index in [1.807, 2.05) is 93.6 Å². The van der Waals surface area contributed by atoms with Gasteiger partial charge in [0.25, 0.3) is 11.8 Å². The summed E-state index contributed by atoms with van der Waals surface area (Å²) in [6.07, 6.45) is 1.57. The molecule has 43 heavy (non-hydrogen) atoms. The zero-order valence-electron chi connectivity index (χ0n) is 23.8. The highest BCUT2D eigenvalue weighted by molar-refractivity contribution is 9.10. The molecule has 4 aromatic rings. The van der Waals surface area contributed by atoms with E-state index in [0.29, 0.717) is 46.1 Å². The van der Waals surface area contributed by atoms with Crippen LogP contribution in [0.3, 0.4) is 0 Å². The van der Waals surface area contributed by atoms with Gasteiger partial charge in [0.15, 0.2) is 16.6 Å². The summed E-state index contributed by atoms with van der Waals surface area (Å²) in [4.78, 5) is 30.7. The van der Waals surface area contributed by atoms with Crippen molar-refractivity contribution in [1.29, 1.82) is 0 Å². The lowest BCUT2D eigenvalue weighted by atomic mass is 10.0. The molecule has 4 aromatic carbocycles. The number of thiocarbonyl (C=S) groups is 1. The fraction of sp³-hybridized carbons (Fsp3) is 0.147. The number of benzene rings is 4. The lowest BCUT2D eigenvalue weighted by Crippen LogP contribution is -2.56. The lowest BCUT2D eigenvalue weighted by molar-refractivity contribution is -0.120. The molecule has 1 saturated heterocycles. The second kappa shape index (κ2) is 13.2. The van der Waals surface area contributed by atoms with E-state index in [0.717, 1.165) is 21.2 Å². The molecule has 0 spiro atoms. The topological polar surface area (TPSA) is 59.1 Å². The first-order valence-electron chi connectivity index (χ1n) is 13.6. The van der Waals surface area contributed by atoms with Gasteiger partial charge in [-0.25, -0.2) is 0 Å². The maximum Gasteiger partial charge on any atom is 0.270 e. The van der Waals surface area contributed by atoms with Crippen molar-refractivity contribution in [2.24, 2.45) is 0 Å². The van der Waals surface area contributed by atoms with Crippen molar-refractivity contribution in [3.63, 3.8) is 0 Å². The van der Waals surface area contributed by atoms with Gasteiger partial charge in [0.05, 0.1) is 22.5 Å². The maximum atomic E-state index is 14.0. The third-order valence-electron chi connectivity index (χ3n) is 6.77. The van der Waals surface area contributed by atoms with E-state index in [9.17, 15) is 9.59 Å². The van der Waals surface area contributed by atoms with Crippen LogP contribution in [-0.2, 0) is 16.2 Å². The number of ether oxygens (including phenoxy) is 2. The molecule has 0 aliphatic carbocycles. The number of carbonyl (C=O) groups is 2. The van der Waals surface area contributed by atoms with Crippen molar-refractivity contribution >= 4 is 78.5 Å². The smallest absolute Gasteiger partial charge is 0.270 e. The molecule has 5 rings (SSSR count). The van der Waals surface area contributed by atoms with E-state index in [1.165, 1.54) is 9.80 Å². The fourth-order valence-electron chi connectivity index (χ4n) is 4.55. The molecular weight excluding hydrogens is 692 g/mol. The molecule has 0 aromatic heterocycles. The number of hydrogen-bond donors (Lipinski definition) is 0. The third-order valence-corrected chi connectivity index (χ3v) is 8.26. The molecule has 6 nitrogen and oxygen atoms in total. The quantitative estimate of drug-likeness (QED) is 0.104. The molecule has 2 amide bonds. The minimum atomic E-state index is -0.508. The molecule has 0 saturated carbocycles. The van der Waals surface area contributed by atoms with Gasteiger partial charge >= 0.3 is 0 Å². The Bertz CT molecular complexity index is 1650. The standard InChI is InChI=1S/C34H28Br2N2O4S/c1-4-41-30-19-24(18-29(36)31(30)42-20-23-9-11-25(35)12-10-23)17-28-32(39)37(26-13-5-21(2)6-14-26)34(43)38(33(28)40)27-15-7-22(3)8-16-27/h5-19H,4,20H2,1-3H3. The Morgan fingerprint density at radius 3 is 1.81 bits per heavy atom. The van der Waals surface area contributed by atoms with E-state index >= 15 is 0 Å². The molecule has 1 fully saturated rings. The van der Waals surface area contributed by atoms with E-state index in [1.54, 1.807) is 18.2 Å². The largest absolute Gasteiger partial charge is 0.490 e. The molecule has 1 heterocycles. The fourth-order valence-corrected chi connectivity index (χ4v) is 5.76. The van der Waals surface area contributed by atoms with Crippen molar-refractivity contribution in [1.82, 2.24) is 0 Å². The third kappa shape index (κ3) is 6.74. The number of halogens is 2. The van der Waals surface area contributed by atoms with Crippen LogP contribution >= 0.6 is 44.1 Å². The number of anilines is 2. The van der Waals surface area contributed by atoms with Crippen LogP contribution in [0, 0.1) is 13.8 Å². The average Bonchev–Trinajstić information content (AvgIpc) is 2.98. The molecular formula is C34H28Br2N2O4S. The molecule has 0 bridgehead atoms. The van der Waals surface area contributed by atoms with E-state index < -0.39 is 11.8 Å². The summed E-state index contributed by atoms with van der Waals surface area (Å²) in [6, 6.07) is 26.3. The maximum absolute atomic E-state index is 14.0. The van der Waals surface area contributed by atoms with Crippen molar-refractivity contribution in [2.45, 2.75) is 27.4 Å². The molecule has 0 radical (unpaired) electrons. The number of aryl methyl sites for hydroxylation is 2. The van der Waals surface area contributed by atoms with Gasteiger partial charge in [-0.3, -0.25) is 19.4 Å². The van der Waals surface area contributed by atoms with E-state index in [-0.39, 0.29) is 10.7 Å². The van der Waals surface area contributed by atoms with Crippen LogP contribution < -0.4 is 19.3 Å². The Balaban J connectivity index is 1.56. The molecule has 1 aliphatic rings. The summed E-state index contributed by atoms with van der Waals surface area (Å²) in [5, 5.41) is 0.0905. The molecule has 0 N–H and O–H groups in total. The Morgan fingerprint density at radius 1 is 0.767 bits per heavy atom. The van der Waals surface area contributed by atoms with Crippen molar-refractivity contribution in [2.75, 3.05) is 16.4 Å². The number of nitrogens with zero attached hydrogens (tertiary/aromatic N) is 2. The zero-order valence-corrected chi connectivity index (χ0v) is 27.8. The van der Waals surface area contributed by atoms with Crippen LogP contribution in [0.15, 0.2) is 99.4 Å². The second-order valence-corrected chi connectivity index (χ2v) is 12.1. The van der Waals surface area contributed by atoms with Crippen molar-refractivity contribution in [3.05, 3.63) is 122 Å². The SMILES string of the molecule is CCOc1cc(C=C2C(=O)N(c3ccc(C)cc3)C(=S)N(c3ccc(C)cc3)C2=O)cc(Br)c1OCc1ccc(Br)cc1. The molecule has 0 atom stereocenters. The summed E-state index contributed by atoms with van der Waals surface area (Å²) in [5.74, 6) is -0.00599. The van der Waals surface area contributed by atoms with E-state index in [2.05, 4.69) is 31.9 Å². The Hall–Kier alpha value is -3.79. The van der Waals surface area contributed by atoms with Crippen LogP contribution in [-0.4, -0.2) is 23.5 Å². The molecule has 218 valence electrons. The van der Waals surface area contributed by atoms with Crippen LogP contribution in [0.4, 0.5) is 11.4 Å². The van der Waals surface area contributed by atoms with Gasteiger partial charge < -0.3 is 9.47 Å². The average molecular weight is 720 g/mol. The minimum absolute atomic E-state index is 0.0346. The molecule has 9 heteroatoms. The molecule has 0 unspecified atom stereocenters. The summed E-state index contributed by atoms with van der Waals surface area (Å²) < 4.78 is 13.7. The van der Waals surface area contributed by atoms with Crippen LogP contribution in [0.5, 0.6) is 11.5 Å². The minimum Gasteiger partial charge on any atom is -0.490 e. The highest BCUT2D eigenvalue weighted by atomic mass is 79.9. The Kier molecular flexibility index (Phi) is 9.44. The molecule has 1 aliphatic heterocycles.